The Labute approximate surface area is 85.4 Å². The Bertz CT molecular complexity index is 359. The van der Waals surface area contributed by atoms with Crippen molar-refractivity contribution in [2.24, 2.45) is 0 Å². The summed E-state index contributed by atoms with van der Waals surface area (Å²) in [5.41, 5.74) is 1.92. The zero-order valence-corrected chi connectivity index (χ0v) is 8.16. The van der Waals surface area contributed by atoms with Crippen molar-refractivity contribution in [1.29, 1.82) is 5.26 Å². The molecule has 0 saturated carbocycles. The molecule has 0 N–H and O–H groups in total. The highest BCUT2D eigenvalue weighted by Crippen LogP contribution is 2.11. The summed E-state index contributed by atoms with van der Waals surface area (Å²) in [4.78, 5) is 0. The molecule has 0 aromatic heterocycles. The minimum Gasteiger partial charge on any atom is -0.192 e. The van der Waals surface area contributed by atoms with Gasteiger partial charge in [0, 0.05) is 0 Å². The first-order valence-electron chi connectivity index (χ1n) is 4.07. The first-order chi connectivity index (χ1) is 6.65. The van der Waals surface area contributed by atoms with Gasteiger partial charge in [0.05, 0.1) is 11.6 Å². The van der Waals surface area contributed by atoms with E-state index in [4.69, 9.17) is 5.26 Å². The van der Waals surface area contributed by atoms with Crippen molar-refractivity contribution in [2.45, 2.75) is 0 Å². The fourth-order valence-corrected chi connectivity index (χ4v) is 0.708. The Hall–Kier alpha value is -2.07. The molecular formula is C13H13N. The Morgan fingerprint density at radius 3 is 2.21 bits per heavy atom. The maximum atomic E-state index is 8.64. The van der Waals surface area contributed by atoms with Crippen LogP contribution in [-0.2, 0) is 0 Å². The predicted octanol–water partition coefficient (Wildman–Crippen LogP) is 3.48. The van der Waals surface area contributed by atoms with Gasteiger partial charge in [-0.3, -0.25) is 0 Å². The topological polar surface area (TPSA) is 23.8 Å². The van der Waals surface area contributed by atoms with Crippen molar-refractivity contribution in [3.8, 4) is 6.07 Å². The summed E-state index contributed by atoms with van der Waals surface area (Å²) in [5, 5.41) is 8.64. The average Bonchev–Trinajstić information content (AvgIpc) is 2.21. The van der Waals surface area contributed by atoms with Gasteiger partial charge in [-0.1, -0.05) is 50.6 Å². The number of nitrogens with zero attached hydrogens (tertiary/aromatic N) is 1. The standard InChI is InChI=1S/C13H13N/c1-5-7-8-11(3)12(4)9-13(6-2)10-14/h5-9H,1-4H2/b8-7-,13-9+. The second-order valence-corrected chi connectivity index (χ2v) is 2.56. The molecule has 70 valence electrons. The molecule has 0 aliphatic carbocycles. The lowest BCUT2D eigenvalue weighted by molar-refractivity contribution is 1.48. The molecule has 14 heavy (non-hydrogen) atoms. The number of rotatable bonds is 5. The largest absolute Gasteiger partial charge is 0.192 e. The van der Waals surface area contributed by atoms with Crippen molar-refractivity contribution in [1.82, 2.24) is 0 Å². The summed E-state index contributed by atoms with van der Waals surface area (Å²) in [7, 11) is 0. The molecule has 0 spiro atoms. The van der Waals surface area contributed by atoms with Crippen LogP contribution in [0.2, 0.25) is 0 Å². The van der Waals surface area contributed by atoms with Crippen LogP contribution in [0.3, 0.4) is 0 Å². The molecule has 0 aromatic carbocycles. The summed E-state index contributed by atoms with van der Waals surface area (Å²) in [6.07, 6.45) is 8.32. The monoisotopic (exact) mass is 183 g/mol. The lowest BCUT2D eigenvalue weighted by atomic mass is 10.1. The van der Waals surface area contributed by atoms with E-state index in [2.05, 4.69) is 26.3 Å². The minimum atomic E-state index is 0.475. The van der Waals surface area contributed by atoms with Crippen molar-refractivity contribution < 1.29 is 0 Å². The summed E-state index contributed by atoms with van der Waals surface area (Å²) in [6, 6.07) is 1.99. The van der Waals surface area contributed by atoms with Gasteiger partial charge in [-0.25, -0.2) is 0 Å². The van der Waals surface area contributed by atoms with Crippen LogP contribution in [0, 0.1) is 11.3 Å². The van der Waals surface area contributed by atoms with Crippen LogP contribution in [0.4, 0.5) is 0 Å². The maximum absolute atomic E-state index is 8.64. The molecule has 0 amide bonds. The van der Waals surface area contributed by atoms with Crippen LogP contribution >= 0.6 is 0 Å². The van der Waals surface area contributed by atoms with Crippen molar-refractivity contribution >= 4 is 0 Å². The van der Waals surface area contributed by atoms with E-state index >= 15 is 0 Å². The van der Waals surface area contributed by atoms with Crippen LogP contribution in [0.1, 0.15) is 0 Å². The third-order valence-corrected chi connectivity index (χ3v) is 1.52. The van der Waals surface area contributed by atoms with E-state index in [0.717, 1.165) is 5.57 Å². The highest BCUT2D eigenvalue weighted by atomic mass is 14.2. The average molecular weight is 183 g/mol. The number of hydrogen-bond acceptors (Lipinski definition) is 1. The van der Waals surface area contributed by atoms with Gasteiger partial charge in [0.1, 0.15) is 0 Å². The molecule has 0 radical (unpaired) electrons. The maximum Gasteiger partial charge on any atom is 0.0991 e. The summed E-state index contributed by atoms with van der Waals surface area (Å²) >= 11 is 0. The molecule has 0 fully saturated rings. The quantitative estimate of drug-likeness (QED) is 0.473. The second kappa shape index (κ2) is 6.45. The fourth-order valence-electron chi connectivity index (χ4n) is 0.708. The lowest BCUT2D eigenvalue weighted by Crippen LogP contribution is -1.80. The van der Waals surface area contributed by atoms with Crippen molar-refractivity contribution in [2.75, 3.05) is 0 Å². The molecule has 0 bridgehead atoms. The van der Waals surface area contributed by atoms with Crippen LogP contribution < -0.4 is 0 Å². The van der Waals surface area contributed by atoms with E-state index < -0.39 is 0 Å². The van der Waals surface area contributed by atoms with Gasteiger partial charge in [0.25, 0.3) is 0 Å². The van der Waals surface area contributed by atoms with Crippen molar-refractivity contribution in [3.05, 3.63) is 73.4 Å². The molecule has 0 aliphatic heterocycles. The summed E-state index contributed by atoms with van der Waals surface area (Å²) in [5.74, 6) is 0. The lowest BCUT2D eigenvalue weighted by Gasteiger charge is -1.98. The molecule has 0 rings (SSSR count). The first kappa shape index (κ1) is 11.9. The van der Waals surface area contributed by atoms with E-state index in [1.807, 2.05) is 6.07 Å². The number of nitriles is 1. The van der Waals surface area contributed by atoms with E-state index in [-0.39, 0.29) is 0 Å². The van der Waals surface area contributed by atoms with Gasteiger partial charge >= 0.3 is 0 Å². The molecule has 0 aliphatic rings. The summed E-state index contributed by atoms with van der Waals surface area (Å²) < 4.78 is 0. The fraction of sp³-hybridized carbons (Fsp3) is 0. The van der Waals surface area contributed by atoms with Gasteiger partial charge < -0.3 is 0 Å². The van der Waals surface area contributed by atoms with E-state index in [1.54, 1.807) is 24.3 Å². The van der Waals surface area contributed by atoms with Crippen LogP contribution in [0.25, 0.3) is 0 Å². The third kappa shape index (κ3) is 4.08. The second-order valence-electron chi connectivity index (χ2n) is 2.56. The predicted molar refractivity (Wildman–Crippen MR) is 61.5 cm³/mol. The zero-order valence-electron chi connectivity index (χ0n) is 8.16. The van der Waals surface area contributed by atoms with E-state index in [0.29, 0.717) is 11.1 Å². The molecule has 0 saturated heterocycles. The zero-order chi connectivity index (χ0) is 11.0. The third-order valence-electron chi connectivity index (χ3n) is 1.52. The van der Waals surface area contributed by atoms with Crippen LogP contribution in [-0.4, -0.2) is 0 Å². The SMILES string of the molecule is C=C/C=C\C(=C)C(=C)/C=C(/C#N)C=C. The minimum absolute atomic E-state index is 0.475. The van der Waals surface area contributed by atoms with Gasteiger partial charge in [0.2, 0.25) is 0 Å². The van der Waals surface area contributed by atoms with Crippen LogP contribution in [0.15, 0.2) is 73.4 Å². The smallest absolute Gasteiger partial charge is 0.0991 e. The normalized spacial score (nSPS) is 10.6. The first-order valence-corrected chi connectivity index (χ1v) is 4.07. The Kier molecular flexibility index (Phi) is 5.49. The highest BCUT2D eigenvalue weighted by molar-refractivity contribution is 5.48. The number of hydrogen-bond donors (Lipinski definition) is 0. The molecule has 1 nitrogen and oxygen atoms in total. The van der Waals surface area contributed by atoms with Crippen molar-refractivity contribution in [3.63, 3.8) is 0 Å². The molecule has 0 unspecified atom stereocenters. The summed E-state index contributed by atoms with van der Waals surface area (Å²) in [6.45, 7) is 14.6. The van der Waals surface area contributed by atoms with E-state index in [9.17, 15) is 0 Å². The van der Waals surface area contributed by atoms with Gasteiger partial charge in [-0.05, 0) is 17.2 Å². The molecule has 0 atom stereocenters. The molecule has 0 aromatic rings. The Morgan fingerprint density at radius 1 is 1.14 bits per heavy atom. The van der Waals surface area contributed by atoms with Gasteiger partial charge in [-0.2, -0.15) is 5.26 Å². The Morgan fingerprint density at radius 2 is 1.79 bits per heavy atom. The molecule has 1 heteroatoms. The van der Waals surface area contributed by atoms with Crippen LogP contribution in [0.5, 0.6) is 0 Å². The molecule has 0 heterocycles. The van der Waals surface area contributed by atoms with Gasteiger partial charge in [-0.15, -0.1) is 0 Å². The number of allylic oxidation sites excluding steroid dienone is 8. The highest BCUT2D eigenvalue weighted by Gasteiger charge is 1.94. The Balaban J connectivity index is 4.66. The van der Waals surface area contributed by atoms with Gasteiger partial charge in [0.15, 0.2) is 0 Å². The molecular weight excluding hydrogens is 170 g/mol. The van der Waals surface area contributed by atoms with E-state index in [1.165, 1.54) is 6.08 Å².